The van der Waals surface area contributed by atoms with Gasteiger partial charge < -0.3 is 9.47 Å². The molecule has 4 heterocycles. The minimum Gasteiger partial charge on any atom is -0.337 e. The van der Waals surface area contributed by atoms with Gasteiger partial charge in [-0.15, -0.1) is 0 Å². The molecule has 1 atom stereocenters. The molecule has 0 saturated carbocycles. The summed E-state index contributed by atoms with van der Waals surface area (Å²) in [5, 5.41) is 0. The Labute approximate surface area is 158 Å². The van der Waals surface area contributed by atoms with Gasteiger partial charge in [0.1, 0.15) is 5.82 Å². The number of rotatable bonds is 3. The van der Waals surface area contributed by atoms with Crippen LogP contribution >= 0.6 is 0 Å². The van der Waals surface area contributed by atoms with E-state index in [1.807, 2.05) is 48.5 Å². The summed E-state index contributed by atoms with van der Waals surface area (Å²) in [7, 11) is 0. The Kier molecular flexibility index (Phi) is 4.71. The second kappa shape index (κ2) is 7.31. The minimum atomic E-state index is 0.0490. The summed E-state index contributed by atoms with van der Waals surface area (Å²) in [6, 6.07) is 7.89. The largest absolute Gasteiger partial charge is 0.337 e. The lowest BCUT2D eigenvalue weighted by atomic mass is 10.0. The van der Waals surface area contributed by atoms with Gasteiger partial charge in [-0.1, -0.05) is 0 Å². The fourth-order valence-corrected chi connectivity index (χ4v) is 3.74. The Morgan fingerprint density at radius 3 is 2.74 bits per heavy atom. The van der Waals surface area contributed by atoms with E-state index in [1.165, 1.54) is 0 Å². The number of carbonyl (C=O) groups excluding carboxylic acids is 1. The smallest absolute Gasteiger partial charge is 0.255 e. The van der Waals surface area contributed by atoms with E-state index in [4.69, 9.17) is 0 Å². The van der Waals surface area contributed by atoms with E-state index in [-0.39, 0.29) is 11.9 Å². The van der Waals surface area contributed by atoms with Crippen molar-refractivity contribution in [2.24, 2.45) is 0 Å². The highest BCUT2D eigenvalue weighted by atomic mass is 16.2. The molecule has 0 spiro atoms. The maximum absolute atomic E-state index is 12.9. The lowest BCUT2D eigenvalue weighted by Gasteiger charge is -2.34. The minimum absolute atomic E-state index is 0.0490. The van der Waals surface area contributed by atoms with E-state index in [1.54, 1.807) is 12.4 Å². The molecule has 1 fully saturated rings. The van der Waals surface area contributed by atoms with Crippen LogP contribution in [0.2, 0.25) is 0 Å². The van der Waals surface area contributed by atoms with Crippen molar-refractivity contribution in [3.63, 3.8) is 0 Å². The van der Waals surface area contributed by atoms with E-state index < -0.39 is 0 Å². The highest BCUT2D eigenvalue weighted by molar-refractivity contribution is 5.94. The average molecular weight is 361 g/mol. The first-order valence-electron chi connectivity index (χ1n) is 9.29. The molecule has 1 saturated heterocycles. The number of imidazole rings is 1. The van der Waals surface area contributed by atoms with Gasteiger partial charge in [0.15, 0.2) is 0 Å². The van der Waals surface area contributed by atoms with Crippen LogP contribution in [0.15, 0.2) is 49.1 Å². The van der Waals surface area contributed by atoms with Crippen LogP contribution in [0.3, 0.4) is 0 Å². The number of hydrogen-bond acceptors (Lipinski definition) is 4. The number of hydrogen-bond donors (Lipinski definition) is 0. The number of aromatic nitrogens is 4. The topological polar surface area (TPSA) is 63.9 Å². The van der Waals surface area contributed by atoms with Crippen LogP contribution in [0.25, 0.3) is 11.4 Å². The highest BCUT2D eigenvalue weighted by Crippen LogP contribution is 2.29. The number of nitrogens with zero attached hydrogens (tertiary/aromatic N) is 5. The third-order valence-corrected chi connectivity index (χ3v) is 5.11. The zero-order valence-corrected chi connectivity index (χ0v) is 15.7. The van der Waals surface area contributed by atoms with Crippen molar-refractivity contribution in [1.29, 1.82) is 0 Å². The third-order valence-electron chi connectivity index (χ3n) is 5.11. The predicted octanol–water partition coefficient (Wildman–Crippen LogP) is 3.43. The standard InChI is InChI=1S/C21H23N5O/c1-15-7-8-18(13-23-15)21(27)25-10-4-6-19(14-25)26-16(2)11-24-20(26)17-5-3-9-22-12-17/h3,5,7-9,11-13,19H,4,6,10,14H2,1-2H3. The molecule has 6 nitrogen and oxygen atoms in total. The molecule has 138 valence electrons. The van der Waals surface area contributed by atoms with Gasteiger partial charge in [-0.3, -0.25) is 14.8 Å². The average Bonchev–Trinajstić information content (AvgIpc) is 3.10. The molecule has 0 aromatic carbocycles. The number of piperidine rings is 1. The predicted molar refractivity (Wildman–Crippen MR) is 103 cm³/mol. The molecule has 0 bridgehead atoms. The first kappa shape index (κ1) is 17.4. The zero-order valence-electron chi connectivity index (χ0n) is 15.7. The second-order valence-electron chi connectivity index (χ2n) is 7.07. The fraction of sp³-hybridized carbons (Fsp3) is 0.333. The lowest BCUT2D eigenvalue weighted by Crippen LogP contribution is -2.41. The summed E-state index contributed by atoms with van der Waals surface area (Å²) in [5.74, 6) is 0.963. The maximum atomic E-state index is 12.9. The van der Waals surface area contributed by atoms with Crippen molar-refractivity contribution >= 4 is 5.91 Å². The molecular formula is C21H23N5O. The molecule has 3 aromatic heterocycles. The lowest BCUT2D eigenvalue weighted by molar-refractivity contribution is 0.0678. The molecule has 3 aromatic rings. The van der Waals surface area contributed by atoms with E-state index >= 15 is 0 Å². The molecule has 1 amide bonds. The summed E-state index contributed by atoms with van der Waals surface area (Å²) >= 11 is 0. The number of likely N-dealkylation sites (tertiary alicyclic amines) is 1. The van der Waals surface area contributed by atoms with Crippen LogP contribution < -0.4 is 0 Å². The molecule has 6 heteroatoms. The highest BCUT2D eigenvalue weighted by Gasteiger charge is 2.28. The Morgan fingerprint density at radius 2 is 2.00 bits per heavy atom. The number of amides is 1. The van der Waals surface area contributed by atoms with Crippen LogP contribution in [-0.4, -0.2) is 43.4 Å². The van der Waals surface area contributed by atoms with Crippen molar-refractivity contribution < 1.29 is 4.79 Å². The number of carbonyl (C=O) groups is 1. The quantitative estimate of drug-likeness (QED) is 0.717. The van der Waals surface area contributed by atoms with Crippen molar-refractivity contribution in [3.8, 4) is 11.4 Å². The molecule has 27 heavy (non-hydrogen) atoms. The first-order valence-corrected chi connectivity index (χ1v) is 9.29. The van der Waals surface area contributed by atoms with Gasteiger partial charge >= 0.3 is 0 Å². The van der Waals surface area contributed by atoms with Gasteiger partial charge in [-0.2, -0.15) is 0 Å². The number of pyridine rings is 2. The van der Waals surface area contributed by atoms with Gasteiger partial charge in [0.05, 0.1) is 11.6 Å². The summed E-state index contributed by atoms with van der Waals surface area (Å²) in [4.78, 5) is 27.9. The van der Waals surface area contributed by atoms with Crippen molar-refractivity contribution in [3.05, 3.63) is 66.0 Å². The summed E-state index contributed by atoms with van der Waals surface area (Å²) < 4.78 is 2.25. The van der Waals surface area contributed by atoms with Crippen molar-refractivity contribution in [2.45, 2.75) is 32.7 Å². The van der Waals surface area contributed by atoms with Crippen LogP contribution in [0, 0.1) is 13.8 Å². The zero-order chi connectivity index (χ0) is 18.8. The van der Waals surface area contributed by atoms with E-state index in [0.717, 1.165) is 42.2 Å². The molecule has 1 aliphatic rings. The van der Waals surface area contributed by atoms with Gasteiger partial charge in [-0.25, -0.2) is 4.98 Å². The Morgan fingerprint density at radius 1 is 1.11 bits per heavy atom. The molecular weight excluding hydrogens is 338 g/mol. The summed E-state index contributed by atoms with van der Waals surface area (Å²) in [6.45, 7) is 5.45. The van der Waals surface area contributed by atoms with Gasteiger partial charge in [0.2, 0.25) is 0 Å². The fourth-order valence-electron chi connectivity index (χ4n) is 3.74. The second-order valence-corrected chi connectivity index (χ2v) is 7.07. The van der Waals surface area contributed by atoms with Crippen LogP contribution in [-0.2, 0) is 0 Å². The molecule has 0 radical (unpaired) electrons. The molecule has 1 unspecified atom stereocenters. The monoisotopic (exact) mass is 361 g/mol. The Balaban J connectivity index is 1.60. The van der Waals surface area contributed by atoms with E-state index in [0.29, 0.717) is 12.1 Å². The van der Waals surface area contributed by atoms with Crippen LogP contribution in [0.1, 0.15) is 40.6 Å². The van der Waals surface area contributed by atoms with Crippen molar-refractivity contribution in [2.75, 3.05) is 13.1 Å². The van der Waals surface area contributed by atoms with Gasteiger partial charge in [0, 0.05) is 54.8 Å². The third kappa shape index (κ3) is 3.47. The van der Waals surface area contributed by atoms with Crippen LogP contribution in [0.5, 0.6) is 0 Å². The maximum Gasteiger partial charge on any atom is 0.255 e. The Bertz CT molecular complexity index is 933. The summed E-state index contributed by atoms with van der Waals surface area (Å²) in [6.07, 6.45) is 9.17. The first-order chi connectivity index (χ1) is 13.1. The van der Waals surface area contributed by atoms with Crippen LogP contribution in [0.4, 0.5) is 0 Å². The van der Waals surface area contributed by atoms with Gasteiger partial charge in [0.25, 0.3) is 5.91 Å². The van der Waals surface area contributed by atoms with E-state index in [9.17, 15) is 4.79 Å². The Hall–Kier alpha value is -3.02. The van der Waals surface area contributed by atoms with E-state index in [2.05, 4.69) is 26.4 Å². The molecule has 0 N–H and O–H groups in total. The normalized spacial score (nSPS) is 17.1. The summed E-state index contributed by atoms with van der Waals surface area (Å²) in [5.41, 5.74) is 3.66. The molecule has 4 rings (SSSR count). The van der Waals surface area contributed by atoms with Gasteiger partial charge in [-0.05, 0) is 51.0 Å². The molecule has 1 aliphatic heterocycles. The SMILES string of the molecule is Cc1ccc(C(=O)N2CCCC(n3c(C)cnc3-c3cccnc3)C2)cn1. The number of aryl methyl sites for hydroxylation is 2. The van der Waals surface area contributed by atoms with Crippen molar-refractivity contribution in [1.82, 2.24) is 24.4 Å². The molecule has 0 aliphatic carbocycles.